The molecule has 0 fully saturated rings. The van der Waals surface area contributed by atoms with E-state index < -0.39 is 11.6 Å². The molecule has 0 aliphatic carbocycles. The molecular weight excluding hydrogens is 212 g/mol. The molecule has 0 saturated carbocycles. The van der Waals surface area contributed by atoms with E-state index in [1.807, 2.05) is 6.92 Å². The summed E-state index contributed by atoms with van der Waals surface area (Å²) in [5.41, 5.74) is -0.236. The smallest absolute Gasteiger partial charge is 0.271 e. The number of carbonyl (C=O) groups is 1. The first kappa shape index (κ1) is 12.1. The van der Waals surface area contributed by atoms with Crippen LogP contribution in [0.2, 0.25) is 0 Å². The Morgan fingerprint density at radius 3 is 2.67 bits per heavy atom. The van der Waals surface area contributed by atoms with E-state index in [0.29, 0.717) is 5.69 Å². The topological polar surface area (TPSA) is 62.2 Å². The molecule has 0 aliphatic heterocycles. The van der Waals surface area contributed by atoms with Crippen molar-refractivity contribution < 1.29 is 9.90 Å². The number of nitrogens with zero attached hydrogens (tertiary/aromatic N) is 1. The van der Waals surface area contributed by atoms with Gasteiger partial charge in [0, 0.05) is 5.38 Å². The fourth-order valence-electron chi connectivity index (χ4n) is 0.929. The largest absolute Gasteiger partial charge is 0.391 e. The Labute approximate surface area is 93.4 Å². The summed E-state index contributed by atoms with van der Waals surface area (Å²) in [5.74, 6) is -0.245. The highest BCUT2D eigenvalue weighted by atomic mass is 32.1. The lowest BCUT2D eigenvalue weighted by Gasteiger charge is -2.28. The standard InChI is InChI=1S/C10H16N2O2S/c1-6(13)10(3,4)12-9(14)8-5-15-7(2)11-8/h5-6,13H,1-4H3,(H,12,14). The molecule has 2 N–H and O–H groups in total. The van der Waals surface area contributed by atoms with Crippen LogP contribution in [0.1, 0.15) is 36.3 Å². The quantitative estimate of drug-likeness (QED) is 0.820. The summed E-state index contributed by atoms with van der Waals surface area (Å²) in [5, 5.41) is 14.8. The van der Waals surface area contributed by atoms with Crippen molar-refractivity contribution in [3.63, 3.8) is 0 Å². The maximum Gasteiger partial charge on any atom is 0.271 e. The number of aliphatic hydroxyl groups excluding tert-OH is 1. The third kappa shape index (κ3) is 3.00. The van der Waals surface area contributed by atoms with Crippen LogP contribution in [-0.2, 0) is 0 Å². The lowest BCUT2D eigenvalue weighted by molar-refractivity contribution is 0.0706. The monoisotopic (exact) mass is 228 g/mol. The average Bonchev–Trinajstić information content (AvgIpc) is 2.50. The summed E-state index contributed by atoms with van der Waals surface area (Å²) in [6.07, 6.45) is -0.610. The summed E-state index contributed by atoms with van der Waals surface area (Å²) in [6.45, 7) is 7.04. The molecule has 1 heterocycles. The van der Waals surface area contributed by atoms with Gasteiger partial charge >= 0.3 is 0 Å². The maximum absolute atomic E-state index is 11.7. The van der Waals surface area contributed by atoms with E-state index in [-0.39, 0.29) is 5.91 Å². The van der Waals surface area contributed by atoms with Gasteiger partial charge in [-0.1, -0.05) is 0 Å². The zero-order chi connectivity index (χ0) is 11.6. The van der Waals surface area contributed by atoms with Crippen molar-refractivity contribution in [1.82, 2.24) is 10.3 Å². The minimum atomic E-state index is -0.644. The van der Waals surface area contributed by atoms with E-state index in [2.05, 4.69) is 10.3 Å². The van der Waals surface area contributed by atoms with Crippen LogP contribution < -0.4 is 5.32 Å². The van der Waals surface area contributed by atoms with Crippen LogP contribution in [0.5, 0.6) is 0 Å². The van der Waals surface area contributed by atoms with Gasteiger partial charge in [0.1, 0.15) is 5.69 Å². The number of nitrogens with one attached hydrogen (secondary N) is 1. The average molecular weight is 228 g/mol. The molecule has 0 radical (unpaired) electrons. The molecule has 4 nitrogen and oxygen atoms in total. The molecule has 1 atom stereocenters. The summed E-state index contributed by atoms with van der Waals surface area (Å²) in [4.78, 5) is 15.8. The van der Waals surface area contributed by atoms with E-state index in [1.54, 1.807) is 26.2 Å². The molecule has 5 heteroatoms. The predicted molar refractivity (Wildman–Crippen MR) is 60.1 cm³/mol. The fourth-order valence-corrected chi connectivity index (χ4v) is 1.52. The minimum Gasteiger partial charge on any atom is -0.391 e. The van der Waals surface area contributed by atoms with Crippen LogP contribution in [0, 0.1) is 6.92 Å². The number of aliphatic hydroxyl groups is 1. The molecule has 0 saturated heterocycles. The van der Waals surface area contributed by atoms with Crippen molar-refractivity contribution in [2.24, 2.45) is 0 Å². The van der Waals surface area contributed by atoms with Gasteiger partial charge in [-0.15, -0.1) is 11.3 Å². The molecule has 0 aromatic carbocycles. The van der Waals surface area contributed by atoms with Gasteiger partial charge in [0.15, 0.2) is 0 Å². The van der Waals surface area contributed by atoms with Gasteiger partial charge in [-0.05, 0) is 27.7 Å². The molecule has 1 amide bonds. The Balaban J connectivity index is 2.72. The molecule has 15 heavy (non-hydrogen) atoms. The first-order valence-corrected chi connectivity index (χ1v) is 5.63. The molecule has 1 unspecified atom stereocenters. The third-order valence-electron chi connectivity index (χ3n) is 2.33. The predicted octanol–water partition coefficient (Wildman–Crippen LogP) is 1.34. The Morgan fingerprint density at radius 2 is 2.27 bits per heavy atom. The Hall–Kier alpha value is -0.940. The van der Waals surface area contributed by atoms with E-state index in [0.717, 1.165) is 5.01 Å². The highest BCUT2D eigenvalue weighted by molar-refractivity contribution is 7.09. The third-order valence-corrected chi connectivity index (χ3v) is 3.11. The first-order chi connectivity index (χ1) is 6.83. The zero-order valence-electron chi connectivity index (χ0n) is 9.37. The normalized spacial score (nSPS) is 13.7. The highest BCUT2D eigenvalue weighted by Crippen LogP contribution is 2.12. The van der Waals surface area contributed by atoms with Crippen molar-refractivity contribution in [1.29, 1.82) is 0 Å². The lowest BCUT2D eigenvalue weighted by Crippen LogP contribution is -2.51. The van der Waals surface area contributed by atoms with E-state index >= 15 is 0 Å². The van der Waals surface area contributed by atoms with Gasteiger partial charge < -0.3 is 10.4 Å². The number of aryl methyl sites for hydroxylation is 1. The summed E-state index contributed by atoms with van der Waals surface area (Å²) in [7, 11) is 0. The second kappa shape index (κ2) is 4.28. The second-order valence-corrected chi connectivity index (χ2v) is 5.17. The first-order valence-electron chi connectivity index (χ1n) is 4.75. The lowest BCUT2D eigenvalue weighted by atomic mass is 9.99. The molecular formula is C10H16N2O2S. The molecule has 1 aromatic heterocycles. The van der Waals surface area contributed by atoms with E-state index in [9.17, 15) is 9.90 Å². The molecule has 1 rings (SSSR count). The van der Waals surface area contributed by atoms with Gasteiger partial charge in [0.2, 0.25) is 0 Å². The van der Waals surface area contributed by atoms with Crippen LogP contribution in [-0.4, -0.2) is 27.6 Å². The Kier molecular flexibility index (Phi) is 3.46. The van der Waals surface area contributed by atoms with Gasteiger partial charge in [-0.25, -0.2) is 4.98 Å². The number of amides is 1. The number of hydrogen-bond acceptors (Lipinski definition) is 4. The number of thiazole rings is 1. The fraction of sp³-hybridized carbons (Fsp3) is 0.600. The molecule has 84 valence electrons. The van der Waals surface area contributed by atoms with Crippen LogP contribution in [0.25, 0.3) is 0 Å². The highest BCUT2D eigenvalue weighted by Gasteiger charge is 2.27. The van der Waals surface area contributed by atoms with Crippen molar-refractivity contribution in [2.45, 2.75) is 39.3 Å². The number of rotatable bonds is 3. The number of aromatic nitrogens is 1. The molecule has 1 aromatic rings. The SMILES string of the molecule is Cc1nc(C(=O)NC(C)(C)C(C)O)cs1. The second-order valence-electron chi connectivity index (χ2n) is 4.10. The summed E-state index contributed by atoms with van der Waals surface area (Å²) >= 11 is 1.43. The van der Waals surface area contributed by atoms with Crippen LogP contribution >= 0.6 is 11.3 Å². The number of carbonyl (C=O) groups excluding carboxylic acids is 1. The summed E-state index contributed by atoms with van der Waals surface area (Å²) < 4.78 is 0. The van der Waals surface area contributed by atoms with E-state index in [4.69, 9.17) is 0 Å². The minimum absolute atomic E-state index is 0.245. The van der Waals surface area contributed by atoms with Crippen molar-refractivity contribution in [2.75, 3.05) is 0 Å². The summed E-state index contributed by atoms with van der Waals surface area (Å²) in [6, 6.07) is 0. The van der Waals surface area contributed by atoms with Crippen molar-refractivity contribution >= 4 is 17.2 Å². The van der Waals surface area contributed by atoms with Gasteiger partial charge in [-0.2, -0.15) is 0 Å². The van der Waals surface area contributed by atoms with Crippen LogP contribution in [0.3, 0.4) is 0 Å². The van der Waals surface area contributed by atoms with E-state index in [1.165, 1.54) is 11.3 Å². The van der Waals surface area contributed by atoms with Gasteiger partial charge in [0.25, 0.3) is 5.91 Å². The van der Waals surface area contributed by atoms with Gasteiger partial charge in [-0.3, -0.25) is 4.79 Å². The zero-order valence-corrected chi connectivity index (χ0v) is 10.2. The Bertz CT molecular complexity index is 358. The molecule has 0 aliphatic rings. The Morgan fingerprint density at radius 1 is 1.67 bits per heavy atom. The van der Waals surface area contributed by atoms with Crippen LogP contribution in [0.15, 0.2) is 5.38 Å². The van der Waals surface area contributed by atoms with Crippen LogP contribution in [0.4, 0.5) is 0 Å². The van der Waals surface area contributed by atoms with Crippen molar-refractivity contribution in [3.05, 3.63) is 16.1 Å². The van der Waals surface area contributed by atoms with Crippen molar-refractivity contribution in [3.8, 4) is 0 Å². The molecule has 0 spiro atoms. The number of hydrogen-bond donors (Lipinski definition) is 2. The van der Waals surface area contributed by atoms with Gasteiger partial charge in [0.05, 0.1) is 16.7 Å². The maximum atomic E-state index is 11.7. The molecule has 0 bridgehead atoms.